The first-order chi connectivity index (χ1) is 24.0. The SMILES string of the molecule is C#CCOCCOCCOCCOCCOc1cnc(-n2cnc(C)n2)c2[nH]cc(C(=O)C(=O)N3CCN(C(=O)c4ccccc4)CC3)c12. The lowest BCUT2D eigenvalue weighted by Crippen LogP contribution is -2.52. The van der Waals surface area contributed by atoms with Gasteiger partial charge in [0.1, 0.15) is 31.1 Å². The molecule has 0 radical (unpaired) electrons. The number of rotatable bonds is 18. The summed E-state index contributed by atoms with van der Waals surface area (Å²) >= 11 is 0. The Bertz CT molecular complexity index is 1740. The summed E-state index contributed by atoms with van der Waals surface area (Å²) < 4.78 is 29.1. The summed E-state index contributed by atoms with van der Waals surface area (Å²) in [6.45, 7) is 5.96. The number of nitrogens with zero attached hydrogens (tertiary/aromatic N) is 6. The second-order valence-corrected chi connectivity index (χ2v) is 10.9. The van der Waals surface area contributed by atoms with E-state index in [2.05, 4.69) is 26.0 Å². The van der Waals surface area contributed by atoms with Crippen LogP contribution in [0.5, 0.6) is 5.75 Å². The Morgan fingerprint density at radius 1 is 0.857 bits per heavy atom. The first-order valence-corrected chi connectivity index (χ1v) is 15.9. The standard InChI is InChI=1S/C34H39N7O8/c1-3-13-45-14-15-46-16-17-47-18-19-48-20-21-49-28-23-36-32(41-24-37-25(2)38-41)30-29(28)27(22-35-30)31(42)34(44)40-11-9-39(10-12-40)33(43)26-7-5-4-6-8-26/h1,4-8,22-24,35H,9-21H2,2H3. The van der Waals surface area contributed by atoms with Crippen LogP contribution in [0.2, 0.25) is 0 Å². The number of hydrogen-bond acceptors (Lipinski definition) is 11. The van der Waals surface area contributed by atoms with E-state index in [0.29, 0.717) is 86.6 Å². The van der Waals surface area contributed by atoms with Crippen LogP contribution in [0.4, 0.5) is 0 Å². The van der Waals surface area contributed by atoms with Gasteiger partial charge in [-0.1, -0.05) is 24.1 Å². The first-order valence-electron chi connectivity index (χ1n) is 15.9. The maximum atomic E-state index is 13.7. The van der Waals surface area contributed by atoms with Crippen LogP contribution < -0.4 is 4.74 Å². The van der Waals surface area contributed by atoms with E-state index in [9.17, 15) is 14.4 Å². The molecule has 3 aromatic heterocycles. The number of terminal acetylenes is 1. The number of benzene rings is 1. The Balaban J connectivity index is 1.17. The van der Waals surface area contributed by atoms with E-state index in [1.165, 1.54) is 28.3 Å². The van der Waals surface area contributed by atoms with Crippen LogP contribution in [0.1, 0.15) is 26.5 Å². The second-order valence-electron chi connectivity index (χ2n) is 10.9. The number of pyridine rings is 1. The van der Waals surface area contributed by atoms with Crippen molar-refractivity contribution in [2.45, 2.75) is 6.92 Å². The molecule has 0 bridgehead atoms. The molecule has 0 atom stereocenters. The van der Waals surface area contributed by atoms with E-state index in [0.717, 1.165) is 0 Å². The molecule has 0 saturated carbocycles. The fourth-order valence-corrected chi connectivity index (χ4v) is 5.15. The Kier molecular flexibility index (Phi) is 12.8. The molecule has 4 heterocycles. The van der Waals surface area contributed by atoms with Gasteiger partial charge in [0.15, 0.2) is 5.82 Å². The fourth-order valence-electron chi connectivity index (χ4n) is 5.15. The van der Waals surface area contributed by atoms with Crippen LogP contribution in [-0.2, 0) is 23.7 Å². The molecule has 1 aromatic carbocycles. The van der Waals surface area contributed by atoms with Crippen molar-refractivity contribution in [1.82, 2.24) is 34.5 Å². The van der Waals surface area contributed by atoms with E-state index in [1.807, 2.05) is 6.07 Å². The molecule has 49 heavy (non-hydrogen) atoms. The summed E-state index contributed by atoms with van der Waals surface area (Å²) in [4.78, 5) is 55.0. The van der Waals surface area contributed by atoms with Gasteiger partial charge in [-0.2, -0.15) is 5.10 Å². The number of carbonyl (C=O) groups is 3. The molecule has 1 saturated heterocycles. The van der Waals surface area contributed by atoms with Gasteiger partial charge in [0.2, 0.25) is 0 Å². The highest BCUT2D eigenvalue weighted by atomic mass is 16.6. The van der Waals surface area contributed by atoms with Crippen molar-refractivity contribution in [3.8, 4) is 23.9 Å². The van der Waals surface area contributed by atoms with Crippen molar-refractivity contribution in [1.29, 1.82) is 0 Å². The number of ketones is 1. The predicted molar refractivity (Wildman–Crippen MR) is 177 cm³/mol. The zero-order valence-corrected chi connectivity index (χ0v) is 27.3. The molecule has 258 valence electrons. The number of hydrogen-bond donors (Lipinski definition) is 1. The quantitative estimate of drug-likeness (QED) is 0.0708. The van der Waals surface area contributed by atoms with Gasteiger partial charge in [-0.3, -0.25) is 14.4 Å². The molecular weight excluding hydrogens is 634 g/mol. The number of fused-ring (bicyclic) bond motifs is 1. The second kappa shape index (κ2) is 17.9. The molecule has 15 nitrogen and oxygen atoms in total. The fraction of sp³-hybridized carbons (Fsp3) is 0.412. The van der Waals surface area contributed by atoms with Gasteiger partial charge in [-0.25, -0.2) is 14.6 Å². The Labute approximate surface area is 283 Å². The molecule has 0 aliphatic carbocycles. The highest BCUT2D eigenvalue weighted by Gasteiger charge is 2.31. The molecular formula is C34H39N7O8. The molecule has 1 aliphatic heterocycles. The molecule has 0 unspecified atom stereocenters. The predicted octanol–water partition coefficient (Wildman–Crippen LogP) is 1.70. The number of H-pyrrole nitrogens is 1. The van der Waals surface area contributed by atoms with E-state index >= 15 is 0 Å². The largest absolute Gasteiger partial charge is 0.489 e. The summed E-state index contributed by atoms with van der Waals surface area (Å²) in [5.41, 5.74) is 1.17. The minimum atomic E-state index is -0.705. The lowest BCUT2D eigenvalue weighted by molar-refractivity contribution is -0.127. The Morgan fingerprint density at radius 3 is 2.12 bits per heavy atom. The monoisotopic (exact) mass is 673 g/mol. The highest BCUT2D eigenvalue weighted by molar-refractivity contribution is 6.45. The van der Waals surface area contributed by atoms with Crippen LogP contribution >= 0.6 is 0 Å². The van der Waals surface area contributed by atoms with E-state index < -0.39 is 11.7 Å². The molecule has 4 aromatic rings. The maximum absolute atomic E-state index is 13.7. The normalized spacial score (nSPS) is 13.1. The molecule has 1 aliphatic rings. The van der Waals surface area contributed by atoms with Crippen molar-refractivity contribution < 1.29 is 38.1 Å². The number of aromatic nitrogens is 5. The number of aromatic amines is 1. The molecule has 15 heteroatoms. The Morgan fingerprint density at radius 2 is 1.49 bits per heavy atom. The summed E-state index contributed by atoms with van der Waals surface area (Å²) in [5.74, 6) is 2.14. The third kappa shape index (κ3) is 9.27. The van der Waals surface area contributed by atoms with Crippen molar-refractivity contribution in [2.24, 2.45) is 0 Å². The Hall–Kier alpha value is -5.14. The topological polar surface area (TPSA) is 163 Å². The average Bonchev–Trinajstić information content (AvgIpc) is 3.78. The van der Waals surface area contributed by atoms with E-state index in [-0.39, 0.29) is 44.4 Å². The zero-order chi connectivity index (χ0) is 34.4. The molecule has 1 N–H and O–H groups in total. The molecule has 2 amide bonds. The van der Waals surface area contributed by atoms with Crippen molar-refractivity contribution in [3.05, 3.63) is 66.0 Å². The van der Waals surface area contributed by atoms with Crippen LogP contribution in [0.25, 0.3) is 16.7 Å². The average molecular weight is 674 g/mol. The van der Waals surface area contributed by atoms with Gasteiger partial charge >= 0.3 is 0 Å². The zero-order valence-electron chi connectivity index (χ0n) is 27.3. The summed E-state index contributed by atoms with van der Waals surface area (Å²) in [6.07, 6.45) is 9.59. The van der Waals surface area contributed by atoms with Gasteiger partial charge < -0.3 is 38.5 Å². The summed E-state index contributed by atoms with van der Waals surface area (Å²) in [6, 6.07) is 8.97. The van der Waals surface area contributed by atoms with E-state index in [4.69, 9.17) is 30.1 Å². The maximum Gasteiger partial charge on any atom is 0.295 e. The number of ether oxygens (including phenoxy) is 5. The van der Waals surface area contributed by atoms with Crippen molar-refractivity contribution >= 4 is 28.5 Å². The third-order valence-electron chi connectivity index (χ3n) is 7.58. The van der Waals surface area contributed by atoms with Gasteiger partial charge in [0, 0.05) is 37.9 Å². The molecule has 5 rings (SSSR count). The molecule has 0 spiro atoms. The van der Waals surface area contributed by atoms with Crippen LogP contribution in [-0.4, -0.2) is 138 Å². The number of aryl methyl sites for hydroxylation is 1. The number of piperazine rings is 1. The lowest BCUT2D eigenvalue weighted by Gasteiger charge is -2.34. The number of Topliss-reactive ketones (excluding diaryl/α,β-unsaturated/α-hetero) is 1. The first kappa shape index (κ1) is 35.2. The minimum Gasteiger partial charge on any atom is -0.489 e. The summed E-state index contributed by atoms with van der Waals surface area (Å²) in [7, 11) is 0. The molecule has 1 fully saturated rings. The van der Waals surface area contributed by atoms with Crippen LogP contribution in [0.15, 0.2) is 49.1 Å². The number of amides is 2. The van der Waals surface area contributed by atoms with Crippen molar-refractivity contribution in [3.63, 3.8) is 0 Å². The summed E-state index contributed by atoms with van der Waals surface area (Å²) in [5, 5.41) is 4.74. The smallest absolute Gasteiger partial charge is 0.295 e. The van der Waals surface area contributed by atoms with Crippen LogP contribution in [0, 0.1) is 19.3 Å². The third-order valence-corrected chi connectivity index (χ3v) is 7.58. The van der Waals surface area contributed by atoms with Crippen molar-refractivity contribution in [2.75, 3.05) is 85.6 Å². The van der Waals surface area contributed by atoms with Gasteiger partial charge in [-0.05, 0) is 19.1 Å². The minimum absolute atomic E-state index is 0.110. The number of carbonyl (C=O) groups excluding carboxylic acids is 3. The van der Waals surface area contributed by atoms with Gasteiger partial charge in [0.25, 0.3) is 17.6 Å². The van der Waals surface area contributed by atoms with Crippen LogP contribution in [0.3, 0.4) is 0 Å². The number of nitrogens with one attached hydrogen (secondary N) is 1. The van der Waals surface area contributed by atoms with E-state index in [1.54, 1.807) is 36.1 Å². The van der Waals surface area contributed by atoms with Gasteiger partial charge in [-0.15, -0.1) is 6.42 Å². The highest BCUT2D eigenvalue weighted by Crippen LogP contribution is 2.32. The van der Waals surface area contributed by atoms with Gasteiger partial charge in [0.05, 0.1) is 68.9 Å². The lowest BCUT2D eigenvalue weighted by atomic mass is 10.1.